The van der Waals surface area contributed by atoms with Crippen LogP contribution >= 0.6 is 0 Å². The largest absolute Gasteiger partial charge is 0.365 e. The van der Waals surface area contributed by atoms with Crippen LogP contribution in [0.4, 0.5) is 0 Å². The van der Waals surface area contributed by atoms with Gasteiger partial charge in [0.15, 0.2) is 5.82 Å². The predicted molar refractivity (Wildman–Crippen MR) is 52.4 cm³/mol. The van der Waals surface area contributed by atoms with E-state index in [4.69, 9.17) is 5.73 Å². The van der Waals surface area contributed by atoms with Crippen LogP contribution in [-0.2, 0) is 0 Å². The molecule has 0 spiro atoms. The lowest BCUT2D eigenvalue weighted by Crippen LogP contribution is -2.16. The number of aromatic nitrogens is 4. The Hall–Kier alpha value is -2.24. The van der Waals surface area contributed by atoms with Crippen molar-refractivity contribution in [3.05, 3.63) is 35.8 Å². The average Bonchev–Trinajstić information content (AvgIpc) is 2.69. The first-order valence-electron chi connectivity index (χ1n) is 4.32. The number of nitrogens with two attached hydrogens (primary N) is 1. The molecule has 0 aliphatic rings. The Morgan fingerprint density at radius 3 is 2.87 bits per heavy atom. The molecule has 0 aromatic carbocycles. The highest BCUT2D eigenvalue weighted by Gasteiger charge is 2.11. The molecule has 2 aromatic rings. The van der Waals surface area contributed by atoms with Crippen molar-refractivity contribution in [3.8, 4) is 5.82 Å². The minimum absolute atomic E-state index is 0.325. The molecule has 0 aliphatic carbocycles. The van der Waals surface area contributed by atoms with E-state index in [-0.39, 0.29) is 0 Å². The topological polar surface area (TPSA) is 86.7 Å². The number of primary amides is 1. The monoisotopic (exact) mass is 203 g/mol. The molecule has 6 nitrogen and oxygen atoms in total. The number of carbonyl (C=O) groups excluding carboxylic acids is 1. The molecule has 2 aromatic heterocycles. The van der Waals surface area contributed by atoms with Crippen LogP contribution < -0.4 is 5.73 Å². The van der Waals surface area contributed by atoms with Gasteiger partial charge in [0.2, 0.25) is 0 Å². The summed E-state index contributed by atoms with van der Waals surface area (Å²) in [4.78, 5) is 15.3. The van der Waals surface area contributed by atoms with E-state index in [0.717, 1.165) is 5.69 Å². The minimum atomic E-state index is -0.534. The van der Waals surface area contributed by atoms with Gasteiger partial charge in [0, 0.05) is 5.69 Å². The summed E-state index contributed by atoms with van der Waals surface area (Å²) in [6.07, 6.45) is 3.11. The van der Waals surface area contributed by atoms with Crippen molar-refractivity contribution in [1.29, 1.82) is 0 Å². The van der Waals surface area contributed by atoms with Crippen molar-refractivity contribution in [1.82, 2.24) is 20.0 Å². The molecule has 0 radical (unpaired) electrons. The maximum absolute atomic E-state index is 11.1. The molecule has 0 fully saturated rings. The van der Waals surface area contributed by atoms with E-state index in [2.05, 4.69) is 15.3 Å². The van der Waals surface area contributed by atoms with Crippen molar-refractivity contribution < 1.29 is 4.79 Å². The van der Waals surface area contributed by atoms with Crippen molar-refractivity contribution in [2.45, 2.75) is 6.92 Å². The number of pyridine rings is 1. The van der Waals surface area contributed by atoms with Crippen molar-refractivity contribution in [2.24, 2.45) is 5.73 Å². The SMILES string of the molecule is Cc1ccc(C(N)=O)c(-n2ccnn2)n1. The van der Waals surface area contributed by atoms with E-state index in [1.54, 1.807) is 18.3 Å². The Morgan fingerprint density at radius 2 is 2.27 bits per heavy atom. The quantitative estimate of drug-likeness (QED) is 0.748. The van der Waals surface area contributed by atoms with Crippen molar-refractivity contribution >= 4 is 5.91 Å². The van der Waals surface area contributed by atoms with Crippen LogP contribution in [-0.4, -0.2) is 25.9 Å². The average molecular weight is 203 g/mol. The molecule has 0 saturated carbocycles. The van der Waals surface area contributed by atoms with Crippen LogP contribution in [0.15, 0.2) is 24.5 Å². The van der Waals surface area contributed by atoms with Crippen LogP contribution in [0, 0.1) is 6.92 Å². The van der Waals surface area contributed by atoms with Gasteiger partial charge in [0.05, 0.1) is 18.0 Å². The fourth-order valence-corrected chi connectivity index (χ4v) is 1.23. The van der Waals surface area contributed by atoms with E-state index in [1.165, 1.54) is 10.9 Å². The number of hydrogen-bond donors (Lipinski definition) is 1. The van der Waals surface area contributed by atoms with Crippen LogP contribution in [0.2, 0.25) is 0 Å². The fourth-order valence-electron chi connectivity index (χ4n) is 1.23. The maximum Gasteiger partial charge on any atom is 0.252 e. The summed E-state index contributed by atoms with van der Waals surface area (Å²) in [5.74, 6) is -0.131. The molecule has 2 heterocycles. The first-order chi connectivity index (χ1) is 7.18. The molecule has 6 heteroatoms. The van der Waals surface area contributed by atoms with E-state index in [0.29, 0.717) is 11.4 Å². The normalized spacial score (nSPS) is 10.2. The number of nitrogens with zero attached hydrogens (tertiary/aromatic N) is 4. The molecule has 0 saturated heterocycles. The third-order valence-electron chi connectivity index (χ3n) is 1.92. The number of amides is 1. The van der Waals surface area contributed by atoms with Crippen LogP contribution in [0.1, 0.15) is 16.1 Å². The maximum atomic E-state index is 11.1. The van der Waals surface area contributed by atoms with Crippen LogP contribution in [0.25, 0.3) is 5.82 Å². The van der Waals surface area contributed by atoms with Gasteiger partial charge in [0.25, 0.3) is 5.91 Å². The zero-order valence-corrected chi connectivity index (χ0v) is 8.08. The Kier molecular flexibility index (Phi) is 2.17. The Bertz CT molecular complexity index is 491. The molecular weight excluding hydrogens is 194 g/mol. The number of rotatable bonds is 2. The summed E-state index contributed by atoms with van der Waals surface area (Å²) in [5.41, 5.74) is 6.34. The molecule has 0 unspecified atom stereocenters. The second-order valence-electron chi connectivity index (χ2n) is 3.04. The standard InChI is InChI=1S/C9H9N5O/c1-6-2-3-7(8(10)15)9(12-6)14-5-4-11-13-14/h2-5H,1H3,(H2,10,15). The van der Waals surface area contributed by atoms with Crippen LogP contribution in [0.3, 0.4) is 0 Å². The first-order valence-corrected chi connectivity index (χ1v) is 4.32. The van der Waals surface area contributed by atoms with E-state index < -0.39 is 5.91 Å². The van der Waals surface area contributed by atoms with Crippen LogP contribution in [0.5, 0.6) is 0 Å². The molecule has 15 heavy (non-hydrogen) atoms. The molecule has 1 amide bonds. The third kappa shape index (κ3) is 1.69. The Morgan fingerprint density at radius 1 is 1.47 bits per heavy atom. The highest BCUT2D eigenvalue weighted by atomic mass is 16.1. The third-order valence-corrected chi connectivity index (χ3v) is 1.92. The van der Waals surface area contributed by atoms with E-state index in [9.17, 15) is 4.79 Å². The van der Waals surface area contributed by atoms with Gasteiger partial charge in [-0.25, -0.2) is 9.67 Å². The highest BCUT2D eigenvalue weighted by Crippen LogP contribution is 2.10. The zero-order chi connectivity index (χ0) is 10.8. The molecule has 2 N–H and O–H groups in total. The number of aryl methyl sites for hydroxylation is 1. The van der Waals surface area contributed by atoms with Gasteiger partial charge in [-0.15, -0.1) is 5.10 Å². The van der Waals surface area contributed by atoms with Gasteiger partial charge in [-0.1, -0.05) is 5.21 Å². The smallest absolute Gasteiger partial charge is 0.252 e. The number of carbonyl (C=O) groups is 1. The highest BCUT2D eigenvalue weighted by molar-refractivity contribution is 5.95. The Balaban J connectivity index is 2.63. The van der Waals surface area contributed by atoms with Crippen molar-refractivity contribution in [2.75, 3.05) is 0 Å². The number of hydrogen-bond acceptors (Lipinski definition) is 4. The van der Waals surface area contributed by atoms with E-state index >= 15 is 0 Å². The molecular formula is C9H9N5O. The summed E-state index contributed by atoms with van der Waals surface area (Å²) in [6, 6.07) is 3.35. The summed E-state index contributed by atoms with van der Waals surface area (Å²) >= 11 is 0. The summed E-state index contributed by atoms with van der Waals surface area (Å²) in [6.45, 7) is 1.82. The predicted octanol–water partition coefficient (Wildman–Crippen LogP) is 0.0696. The van der Waals surface area contributed by atoms with Crippen molar-refractivity contribution in [3.63, 3.8) is 0 Å². The first kappa shape index (κ1) is 9.32. The molecule has 0 bridgehead atoms. The lowest BCUT2D eigenvalue weighted by Gasteiger charge is -2.05. The lowest BCUT2D eigenvalue weighted by molar-refractivity contribution is 0.1000. The fraction of sp³-hybridized carbons (Fsp3) is 0.111. The Labute approximate surface area is 85.7 Å². The van der Waals surface area contributed by atoms with Gasteiger partial charge in [-0.3, -0.25) is 4.79 Å². The van der Waals surface area contributed by atoms with E-state index in [1.807, 2.05) is 6.92 Å². The summed E-state index contributed by atoms with van der Waals surface area (Å²) in [5, 5.41) is 7.42. The molecule has 0 atom stereocenters. The molecule has 2 rings (SSSR count). The molecule has 76 valence electrons. The van der Waals surface area contributed by atoms with Gasteiger partial charge >= 0.3 is 0 Å². The summed E-state index contributed by atoms with van der Waals surface area (Å²) < 4.78 is 1.41. The van der Waals surface area contributed by atoms with Gasteiger partial charge in [-0.05, 0) is 19.1 Å². The second-order valence-corrected chi connectivity index (χ2v) is 3.04. The minimum Gasteiger partial charge on any atom is -0.365 e. The lowest BCUT2D eigenvalue weighted by atomic mass is 10.2. The van der Waals surface area contributed by atoms with Gasteiger partial charge in [0.1, 0.15) is 0 Å². The summed E-state index contributed by atoms with van der Waals surface area (Å²) in [7, 11) is 0. The second kappa shape index (κ2) is 3.49. The zero-order valence-electron chi connectivity index (χ0n) is 8.08. The van der Waals surface area contributed by atoms with Gasteiger partial charge in [-0.2, -0.15) is 0 Å². The molecule has 0 aliphatic heterocycles. The van der Waals surface area contributed by atoms with Gasteiger partial charge < -0.3 is 5.73 Å².